The van der Waals surface area contributed by atoms with Crippen molar-refractivity contribution in [2.75, 3.05) is 0 Å². The molecular weight excluding hydrogens is 210 g/mol. The van der Waals surface area contributed by atoms with E-state index < -0.39 is 0 Å². The zero-order chi connectivity index (χ0) is 10.8. The molecule has 2 rings (SSSR count). The third-order valence-corrected chi connectivity index (χ3v) is 2.65. The van der Waals surface area contributed by atoms with Gasteiger partial charge in [-0.05, 0) is 29.7 Å². The van der Waals surface area contributed by atoms with Crippen LogP contribution < -0.4 is 0 Å². The number of aromatic amines is 1. The number of nitrogens with zero attached hydrogens (tertiary/aromatic N) is 2. The summed E-state index contributed by atoms with van der Waals surface area (Å²) in [6.45, 7) is 4.23. The van der Waals surface area contributed by atoms with Crippen molar-refractivity contribution in [3.05, 3.63) is 35.1 Å². The van der Waals surface area contributed by atoms with E-state index in [0.717, 1.165) is 22.0 Å². The molecule has 1 N–H and O–H groups in total. The monoisotopic (exact) mass is 221 g/mol. The lowest BCUT2D eigenvalue weighted by molar-refractivity contribution is 0.867. The van der Waals surface area contributed by atoms with Crippen molar-refractivity contribution in [2.45, 2.75) is 19.8 Å². The normalized spacial score (nSPS) is 10.9. The highest BCUT2D eigenvalue weighted by molar-refractivity contribution is 6.31. The highest BCUT2D eigenvalue weighted by atomic mass is 35.5. The fourth-order valence-electron chi connectivity index (χ4n) is 1.48. The van der Waals surface area contributed by atoms with Gasteiger partial charge in [0.1, 0.15) is 6.33 Å². The molecule has 0 bridgehead atoms. The average Bonchev–Trinajstić information content (AvgIpc) is 2.71. The van der Waals surface area contributed by atoms with Gasteiger partial charge in [0, 0.05) is 10.6 Å². The molecule has 0 unspecified atom stereocenters. The summed E-state index contributed by atoms with van der Waals surface area (Å²) < 4.78 is 0. The summed E-state index contributed by atoms with van der Waals surface area (Å²) in [5.74, 6) is 1.17. The number of aromatic nitrogens is 3. The molecular formula is C11H12ClN3. The van der Waals surface area contributed by atoms with Gasteiger partial charge in [-0.3, -0.25) is 5.10 Å². The predicted molar refractivity (Wildman–Crippen MR) is 60.9 cm³/mol. The van der Waals surface area contributed by atoms with E-state index in [-0.39, 0.29) is 0 Å². The molecule has 0 aliphatic rings. The Balaban J connectivity index is 2.48. The molecule has 0 atom stereocenters. The summed E-state index contributed by atoms with van der Waals surface area (Å²) >= 11 is 6.11. The molecule has 0 aliphatic heterocycles. The second-order valence-electron chi connectivity index (χ2n) is 3.73. The van der Waals surface area contributed by atoms with Gasteiger partial charge in [0.15, 0.2) is 5.82 Å². The minimum atomic E-state index is 0.403. The Labute approximate surface area is 93.5 Å². The van der Waals surface area contributed by atoms with Crippen molar-refractivity contribution in [1.29, 1.82) is 0 Å². The van der Waals surface area contributed by atoms with Gasteiger partial charge in [0.05, 0.1) is 0 Å². The molecule has 0 fully saturated rings. The Morgan fingerprint density at radius 3 is 2.73 bits per heavy atom. The number of nitrogens with one attached hydrogen (secondary N) is 1. The first-order valence-electron chi connectivity index (χ1n) is 4.83. The Morgan fingerprint density at radius 1 is 1.33 bits per heavy atom. The smallest absolute Gasteiger partial charge is 0.155 e. The third kappa shape index (κ3) is 2.02. The van der Waals surface area contributed by atoms with E-state index in [4.69, 9.17) is 11.6 Å². The maximum atomic E-state index is 6.11. The van der Waals surface area contributed by atoms with Gasteiger partial charge in [-0.25, -0.2) is 4.98 Å². The van der Waals surface area contributed by atoms with Crippen LogP contribution in [-0.4, -0.2) is 15.2 Å². The second-order valence-corrected chi connectivity index (χ2v) is 4.13. The van der Waals surface area contributed by atoms with Crippen LogP contribution in [0.25, 0.3) is 11.4 Å². The van der Waals surface area contributed by atoms with E-state index in [1.807, 2.05) is 18.2 Å². The maximum Gasteiger partial charge on any atom is 0.155 e. The predicted octanol–water partition coefficient (Wildman–Crippen LogP) is 3.25. The van der Waals surface area contributed by atoms with Crippen LogP contribution in [0.3, 0.4) is 0 Å². The molecule has 3 nitrogen and oxygen atoms in total. The van der Waals surface area contributed by atoms with Crippen LogP contribution in [0.2, 0.25) is 5.02 Å². The molecule has 78 valence electrons. The minimum absolute atomic E-state index is 0.403. The first-order valence-corrected chi connectivity index (χ1v) is 5.21. The van der Waals surface area contributed by atoms with E-state index in [1.165, 1.54) is 6.33 Å². The summed E-state index contributed by atoms with van der Waals surface area (Å²) in [6, 6.07) is 5.89. The Morgan fingerprint density at radius 2 is 2.13 bits per heavy atom. The summed E-state index contributed by atoms with van der Waals surface area (Å²) in [5, 5.41) is 7.46. The quantitative estimate of drug-likeness (QED) is 0.846. The van der Waals surface area contributed by atoms with Gasteiger partial charge in [-0.2, -0.15) is 5.10 Å². The Kier molecular flexibility index (Phi) is 2.73. The molecule has 0 saturated carbocycles. The topological polar surface area (TPSA) is 41.6 Å². The van der Waals surface area contributed by atoms with Crippen LogP contribution in [-0.2, 0) is 0 Å². The molecule has 1 aromatic carbocycles. The standard InChI is InChI=1S/C11H12ClN3/c1-7(2)9-5-8(3-4-10(9)12)11-13-6-14-15-11/h3-7H,1-2H3,(H,13,14,15). The lowest BCUT2D eigenvalue weighted by Gasteiger charge is -2.09. The van der Waals surface area contributed by atoms with E-state index in [0.29, 0.717) is 5.92 Å². The largest absolute Gasteiger partial charge is 0.259 e. The van der Waals surface area contributed by atoms with Crippen LogP contribution in [0.4, 0.5) is 0 Å². The first kappa shape index (κ1) is 10.2. The van der Waals surface area contributed by atoms with Crippen LogP contribution in [0, 0.1) is 0 Å². The molecule has 0 amide bonds. The summed E-state index contributed by atoms with van der Waals surface area (Å²) in [6.07, 6.45) is 1.50. The van der Waals surface area contributed by atoms with Crippen LogP contribution in [0.5, 0.6) is 0 Å². The SMILES string of the molecule is CC(C)c1cc(-c2ncn[nH]2)ccc1Cl. The van der Waals surface area contributed by atoms with Gasteiger partial charge in [-0.1, -0.05) is 25.4 Å². The molecule has 0 spiro atoms. The number of H-pyrrole nitrogens is 1. The molecule has 15 heavy (non-hydrogen) atoms. The van der Waals surface area contributed by atoms with Crippen LogP contribution in [0.15, 0.2) is 24.5 Å². The number of benzene rings is 1. The van der Waals surface area contributed by atoms with Crippen molar-refractivity contribution in [3.8, 4) is 11.4 Å². The lowest BCUT2D eigenvalue weighted by Crippen LogP contribution is -1.90. The van der Waals surface area contributed by atoms with E-state index in [2.05, 4.69) is 29.0 Å². The van der Waals surface area contributed by atoms with Crippen molar-refractivity contribution in [2.24, 2.45) is 0 Å². The van der Waals surface area contributed by atoms with Gasteiger partial charge >= 0.3 is 0 Å². The fraction of sp³-hybridized carbons (Fsp3) is 0.273. The summed E-state index contributed by atoms with van der Waals surface area (Å²) in [5.41, 5.74) is 2.14. The maximum absolute atomic E-state index is 6.11. The van der Waals surface area contributed by atoms with Crippen molar-refractivity contribution in [3.63, 3.8) is 0 Å². The van der Waals surface area contributed by atoms with Crippen molar-refractivity contribution < 1.29 is 0 Å². The fourth-order valence-corrected chi connectivity index (χ4v) is 1.81. The Hall–Kier alpha value is -1.35. The molecule has 4 heteroatoms. The molecule has 2 aromatic rings. The zero-order valence-electron chi connectivity index (χ0n) is 8.66. The van der Waals surface area contributed by atoms with Crippen molar-refractivity contribution in [1.82, 2.24) is 15.2 Å². The third-order valence-electron chi connectivity index (χ3n) is 2.31. The number of hydrogen-bond donors (Lipinski definition) is 1. The number of rotatable bonds is 2. The highest BCUT2D eigenvalue weighted by Gasteiger charge is 2.08. The number of halogens is 1. The molecule has 0 aliphatic carbocycles. The number of hydrogen-bond acceptors (Lipinski definition) is 2. The first-order chi connectivity index (χ1) is 7.18. The zero-order valence-corrected chi connectivity index (χ0v) is 9.42. The van der Waals surface area contributed by atoms with Crippen LogP contribution in [0.1, 0.15) is 25.3 Å². The van der Waals surface area contributed by atoms with Gasteiger partial charge in [0.2, 0.25) is 0 Å². The highest BCUT2D eigenvalue weighted by Crippen LogP contribution is 2.28. The summed E-state index contributed by atoms with van der Waals surface area (Å²) in [4.78, 5) is 4.11. The Bertz CT molecular complexity index is 449. The van der Waals surface area contributed by atoms with Gasteiger partial charge in [0.25, 0.3) is 0 Å². The van der Waals surface area contributed by atoms with Gasteiger partial charge in [-0.15, -0.1) is 0 Å². The van der Waals surface area contributed by atoms with E-state index >= 15 is 0 Å². The van der Waals surface area contributed by atoms with Crippen molar-refractivity contribution >= 4 is 11.6 Å². The lowest BCUT2D eigenvalue weighted by atomic mass is 10.0. The van der Waals surface area contributed by atoms with E-state index in [1.54, 1.807) is 0 Å². The summed E-state index contributed by atoms with van der Waals surface area (Å²) in [7, 11) is 0. The molecule has 1 heterocycles. The molecule has 0 saturated heterocycles. The van der Waals surface area contributed by atoms with Crippen LogP contribution >= 0.6 is 11.6 Å². The molecule has 1 aromatic heterocycles. The minimum Gasteiger partial charge on any atom is -0.259 e. The second kappa shape index (κ2) is 4.03. The van der Waals surface area contributed by atoms with E-state index in [9.17, 15) is 0 Å². The van der Waals surface area contributed by atoms with Gasteiger partial charge < -0.3 is 0 Å². The average molecular weight is 222 g/mol. The molecule has 0 radical (unpaired) electrons.